The first-order chi connectivity index (χ1) is 9.87. The molecule has 0 radical (unpaired) electrons. The van der Waals surface area contributed by atoms with Gasteiger partial charge in [-0.25, -0.2) is 9.59 Å². The molecule has 4 rings (SSSR count). The fourth-order valence-corrected chi connectivity index (χ4v) is 5.56. The molecule has 4 saturated carbocycles. The van der Waals surface area contributed by atoms with Gasteiger partial charge < -0.3 is 9.47 Å². The zero-order valence-corrected chi connectivity index (χ0v) is 12.7. The van der Waals surface area contributed by atoms with Crippen molar-refractivity contribution in [2.24, 2.45) is 29.1 Å². The van der Waals surface area contributed by atoms with Crippen LogP contribution in [0.25, 0.3) is 0 Å². The van der Waals surface area contributed by atoms with Crippen molar-refractivity contribution in [3.8, 4) is 0 Å². The molecule has 6 unspecified atom stereocenters. The van der Waals surface area contributed by atoms with Gasteiger partial charge in [-0.3, -0.25) is 0 Å². The van der Waals surface area contributed by atoms with Crippen molar-refractivity contribution in [2.45, 2.75) is 45.1 Å². The lowest BCUT2D eigenvalue weighted by Crippen LogP contribution is -2.48. The fourth-order valence-electron chi connectivity index (χ4n) is 5.56. The first-order valence-electron chi connectivity index (χ1n) is 7.91. The van der Waals surface area contributed by atoms with E-state index in [0.29, 0.717) is 22.8 Å². The van der Waals surface area contributed by atoms with Crippen molar-refractivity contribution in [3.63, 3.8) is 0 Å². The summed E-state index contributed by atoms with van der Waals surface area (Å²) in [6, 6.07) is 0. The molecule has 2 bridgehead atoms. The maximum Gasteiger partial charge on any atom is 0.344 e. The molecule has 0 aliphatic heterocycles. The second-order valence-electron chi connectivity index (χ2n) is 7.73. The molecule has 4 nitrogen and oxygen atoms in total. The van der Waals surface area contributed by atoms with E-state index in [4.69, 9.17) is 9.47 Å². The molecule has 4 fully saturated rings. The van der Waals surface area contributed by atoms with Crippen molar-refractivity contribution in [3.05, 3.63) is 12.2 Å². The van der Waals surface area contributed by atoms with Crippen LogP contribution in [0.2, 0.25) is 0 Å². The standard InChI is InChI=1S/C17H22O4/c1-9(2)15(19)20-8-14(18)21-16(3)10-4-11-6-17(11)7-13(16)12(17)5-10/h10-13H,1,4-8H2,2-3H3. The maximum atomic E-state index is 12.0. The minimum Gasteiger partial charge on any atom is -0.456 e. The molecule has 0 aromatic carbocycles. The monoisotopic (exact) mass is 290 g/mol. The summed E-state index contributed by atoms with van der Waals surface area (Å²) in [4.78, 5) is 23.4. The minimum atomic E-state index is -0.536. The molecular formula is C17H22O4. The van der Waals surface area contributed by atoms with Gasteiger partial charge in [-0.2, -0.15) is 0 Å². The molecule has 6 atom stereocenters. The first kappa shape index (κ1) is 13.4. The van der Waals surface area contributed by atoms with E-state index >= 15 is 0 Å². The van der Waals surface area contributed by atoms with Gasteiger partial charge in [0, 0.05) is 11.5 Å². The second kappa shape index (κ2) is 3.90. The van der Waals surface area contributed by atoms with Crippen LogP contribution in [0.15, 0.2) is 12.2 Å². The fraction of sp³-hybridized carbons (Fsp3) is 0.765. The summed E-state index contributed by atoms with van der Waals surface area (Å²) in [7, 11) is 0. The van der Waals surface area contributed by atoms with Gasteiger partial charge in [-0.1, -0.05) is 6.58 Å². The number of fused-ring (bicyclic) bond motifs is 1. The second-order valence-corrected chi connectivity index (χ2v) is 7.73. The Morgan fingerprint density at radius 1 is 1.19 bits per heavy atom. The van der Waals surface area contributed by atoms with Crippen LogP contribution >= 0.6 is 0 Å². The summed E-state index contributed by atoms with van der Waals surface area (Å²) in [5, 5.41) is 0. The Morgan fingerprint density at radius 2 is 1.95 bits per heavy atom. The molecule has 0 amide bonds. The predicted octanol–water partition coefficient (Wildman–Crippen LogP) is 2.47. The molecule has 0 heterocycles. The van der Waals surface area contributed by atoms with E-state index in [9.17, 15) is 9.59 Å². The molecule has 4 aliphatic rings. The van der Waals surface area contributed by atoms with Crippen LogP contribution in [0.1, 0.15) is 39.5 Å². The third kappa shape index (κ3) is 1.62. The van der Waals surface area contributed by atoms with Crippen molar-refractivity contribution in [2.75, 3.05) is 6.61 Å². The summed E-state index contributed by atoms with van der Waals surface area (Å²) in [5.41, 5.74) is 0.597. The van der Waals surface area contributed by atoms with Gasteiger partial charge in [0.1, 0.15) is 5.60 Å². The zero-order chi connectivity index (χ0) is 15.0. The first-order valence-corrected chi connectivity index (χ1v) is 7.91. The van der Waals surface area contributed by atoms with E-state index in [1.807, 2.05) is 0 Å². The Morgan fingerprint density at radius 3 is 2.67 bits per heavy atom. The van der Waals surface area contributed by atoms with Gasteiger partial charge in [0.2, 0.25) is 0 Å². The van der Waals surface area contributed by atoms with Gasteiger partial charge in [-0.05, 0) is 62.7 Å². The molecule has 114 valence electrons. The van der Waals surface area contributed by atoms with E-state index in [1.165, 1.54) is 25.7 Å². The predicted molar refractivity (Wildman–Crippen MR) is 75.1 cm³/mol. The summed E-state index contributed by atoms with van der Waals surface area (Å²) in [5.74, 6) is 1.73. The molecular weight excluding hydrogens is 268 g/mol. The third-order valence-electron chi connectivity index (χ3n) is 6.76. The molecule has 0 aromatic heterocycles. The number of carbonyl (C=O) groups excluding carboxylic acids is 2. The summed E-state index contributed by atoms with van der Waals surface area (Å²) < 4.78 is 10.7. The quantitative estimate of drug-likeness (QED) is 0.589. The van der Waals surface area contributed by atoms with Gasteiger partial charge in [-0.15, -0.1) is 0 Å². The van der Waals surface area contributed by atoms with E-state index in [2.05, 4.69) is 13.5 Å². The average molecular weight is 290 g/mol. The molecule has 21 heavy (non-hydrogen) atoms. The van der Waals surface area contributed by atoms with Gasteiger partial charge >= 0.3 is 11.9 Å². The lowest BCUT2D eigenvalue weighted by Gasteiger charge is -2.47. The van der Waals surface area contributed by atoms with Crippen LogP contribution in [0.4, 0.5) is 0 Å². The Balaban J connectivity index is 1.40. The zero-order valence-electron chi connectivity index (χ0n) is 12.7. The number of carbonyl (C=O) groups is 2. The van der Waals surface area contributed by atoms with E-state index in [0.717, 1.165) is 11.8 Å². The van der Waals surface area contributed by atoms with Crippen molar-refractivity contribution < 1.29 is 19.1 Å². The summed E-state index contributed by atoms with van der Waals surface area (Å²) in [6.45, 7) is 6.85. The average Bonchev–Trinajstić information content (AvgIpc) is 3.11. The number of hydrogen-bond acceptors (Lipinski definition) is 4. The lowest BCUT2D eigenvalue weighted by atomic mass is 9.60. The molecule has 0 N–H and O–H groups in total. The lowest BCUT2D eigenvalue weighted by molar-refractivity contribution is -0.179. The topological polar surface area (TPSA) is 52.6 Å². The number of hydrogen-bond donors (Lipinski definition) is 0. The molecule has 4 aliphatic carbocycles. The van der Waals surface area contributed by atoms with Crippen LogP contribution in [-0.4, -0.2) is 24.1 Å². The highest BCUT2D eigenvalue weighted by Gasteiger charge is 2.79. The van der Waals surface area contributed by atoms with Crippen molar-refractivity contribution in [1.82, 2.24) is 0 Å². The van der Waals surface area contributed by atoms with E-state index < -0.39 is 11.9 Å². The normalized spacial score (nSPS) is 47.9. The number of rotatable bonds is 4. The van der Waals surface area contributed by atoms with Crippen LogP contribution in [-0.2, 0) is 19.1 Å². The van der Waals surface area contributed by atoms with Crippen LogP contribution in [0.3, 0.4) is 0 Å². The Hall–Kier alpha value is -1.32. The maximum absolute atomic E-state index is 12.0. The number of esters is 2. The molecule has 0 saturated heterocycles. The van der Waals surface area contributed by atoms with Gasteiger partial charge in [0.25, 0.3) is 0 Å². The SMILES string of the molecule is C=C(C)C(=O)OCC(=O)OC1(C)C2CC3CC34CC1C4C2. The van der Waals surface area contributed by atoms with Gasteiger partial charge in [0.05, 0.1) is 0 Å². The van der Waals surface area contributed by atoms with Gasteiger partial charge in [0.15, 0.2) is 6.61 Å². The van der Waals surface area contributed by atoms with E-state index in [-0.39, 0.29) is 12.2 Å². The molecule has 1 spiro atoms. The highest BCUT2D eigenvalue weighted by molar-refractivity contribution is 5.88. The van der Waals surface area contributed by atoms with Crippen LogP contribution in [0, 0.1) is 29.1 Å². The van der Waals surface area contributed by atoms with E-state index in [1.54, 1.807) is 6.92 Å². The van der Waals surface area contributed by atoms with Crippen molar-refractivity contribution >= 4 is 11.9 Å². The Kier molecular flexibility index (Phi) is 2.48. The molecule has 4 heteroatoms. The largest absolute Gasteiger partial charge is 0.456 e. The highest BCUT2D eigenvalue weighted by atomic mass is 16.6. The Bertz CT molecular complexity index is 544. The smallest absolute Gasteiger partial charge is 0.344 e. The summed E-state index contributed by atoms with van der Waals surface area (Å²) >= 11 is 0. The third-order valence-corrected chi connectivity index (χ3v) is 6.76. The van der Waals surface area contributed by atoms with Crippen LogP contribution < -0.4 is 0 Å². The van der Waals surface area contributed by atoms with Crippen LogP contribution in [0.5, 0.6) is 0 Å². The molecule has 0 aromatic rings. The van der Waals surface area contributed by atoms with Crippen molar-refractivity contribution in [1.29, 1.82) is 0 Å². The summed E-state index contributed by atoms with van der Waals surface area (Å²) in [6.07, 6.45) is 5.07. The number of ether oxygens (including phenoxy) is 2. The minimum absolute atomic E-state index is 0.298. The Labute approximate surface area is 124 Å². The highest BCUT2D eigenvalue weighted by Crippen LogP contribution is 2.83.